The van der Waals surface area contributed by atoms with Crippen LogP contribution in [-0.4, -0.2) is 14.6 Å². The Balaban J connectivity index is 2.58. The standard InChI is InChI=1S/C12H15F3N4/c1-11(2,3)9(16)10-18-17-8-5-4-7(6-19(8)10)12(13,14)15/h4-6,9H,16H2,1-3H3. The summed E-state index contributed by atoms with van der Waals surface area (Å²) in [7, 11) is 0. The van der Waals surface area contributed by atoms with Gasteiger partial charge in [-0.15, -0.1) is 10.2 Å². The van der Waals surface area contributed by atoms with Crippen LogP contribution >= 0.6 is 0 Å². The first kappa shape index (κ1) is 13.8. The zero-order valence-corrected chi connectivity index (χ0v) is 10.9. The minimum absolute atomic E-state index is 0.322. The number of pyridine rings is 1. The Kier molecular flexibility index (Phi) is 3.04. The molecule has 2 rings (SSSR count). The molecule has 0 aliphatic heterocycles. The molecule has 104 valence electrons. The lowest BCUT2D eigenvalue weighted by atomic mass is 9.87. The number of halogens is 3. The zero-order chi connectivity index (χ0) is 14.4. The number of hydrogen-bond donors (Lipinski definition) is 1. The smallest absolute Gasteiger partial charge is 0.321 e. The second-order valence-electron chi connectivity index (χ2n) is 5.55. The van der Waals surface area contributed by atoms with Crippen molar-refractivity contribution < 1.29 is 13.2 Å². The molecule has 7 heteroatoms. The predicted molar refractivity (Wildman–Crippen MR) is 64.4 cm³/mol. The van der Waals surface area contributed by atoms with Gasteiger partial charge >= 0.3 is 6.18 Å². The SMILES string of the molecule is CC(C)(C)C(N)c1nnc2ccc(C(F)(F)F)cn12. The van der Waals surface area contributed by atoms with Gasteiger partial charge in [-0.25, -0.2) is 0 Å². The Bertz CT molecular complexity index is 595. The average molecular weight is 272 g/mol. The van der Waals surface area contributed by atoms with Crippen LogP contribution in [0.25, 0.3) is 5.65 Å². The highest BCUT2D eigenvalue weighted by Gasteiger charge is 2.32. The molecular formula is C12H15F3N4. The van der Waals surface area contributed by atoms with Crippen LogP contribution in [0.3, 0.4) is 0 Å². The van der Waals surface area contributed by atoms with Crippen LogP contribution in [-0.2, 0) is 6.18 Å². The molecule has 2 heterocycles. The molecular weight excluding hydrogens is 257 g/mol. The van der Waals surface area contributed by atoms with Crippen LogP contribution in [0.1, 0.15) is 38.2 Å². The van der Waals surface area contributed by atoms with Crippen molar-refractivity contribution in [2.24, 2.45) is 11.1 Å². The molecule has 0 radical (unpaired) electrons. The van der Waals surface area contributed by atoms with Crippen LogP contribution in [0.15, 0.2) is 18.3 Å². The normalized spacial score (nSPS) is 14.9. The number of nitrogens with two attached hydrogens (primary N) is 1. The third kappa shape index (κ3) is 2.56. The zero-order valence-electron chi connectivity index (χ0n) is 10.9. The number of aromatic nitrogens is 3. The van der Waals surface area contributed by atoms with Gasteiger partial charge in [0, 0.05) is 6.20 Å². The van der Waals surface area contributed by atoms with Crippen LogP contribution in [0.4, 0.5) is 13.2 Å². The highest BCUT2D eigenvalue weighted by atomic mass is 19.4. The maximum atomic E-state index is 12.7. The van der Waals surface area contributed by atoms with E-state index in [0.717, 1.165) is 12.3 Å². The fourth-order valence-corrected chi connectivity index (χ4v) is 1.68. The molecule has 1 atom stereocenters. The fraction of sp³-hybridized carbons (Fsp3) is 0.500. The maximum Gasteiger partial charge on any atom is 0.417 e. The number of nitrogens with zero attached hydrogens (tertiary/aromatic N) is 3. The van der Waals surface area contributed by atoms with E-state index in [1.54, 1.807) is 0 Å². The van der Waals surface area contributed by atoms with Crippen molar-refractivity contribution >= 4 is 5.65 Å². The number of fused-ring (bicyclic) bond motifs is 1. The van der Waals surface area contributed by atoms with E-state index >= 15 is 0 Å². The summed E-state index contributed by atoms with van der Waals surface area (Å²) >= 11 is 0. The lowest BCUT2D eigenvalue weighted by Gasteiger charge is -2.25. The highest BCUT2D eigenvalue weighted by Crippen LogP contribution is 2.32. The molecule has 0 fully saturated rings. The van der Waals surface area contributed by atoms with E-state index < -0.39 is 17.8 Å². The minimum Gasteiger partial charge on any atom is -0.321 e. The number of hydrogen-bond acceptors (Lipinski definition) is 3. The third-order valence-corrected chi connectivity index (χ3v) is 2.97. The summed E-state index contributed by atoms with van der Waals surface area (Å²) in [5.74, 6) is 0.327. The van der Waals surface area contributed by atoms with E-state index in [9.17, 15) is 13.2 Å². The van der Waals surface area contributed by atoms with Crippen molar-refractivity contribution in [2.75, 3.05) is 0 Å². The van der Waals surface area contributed by atoms with Crippen LogP contribution in [0, 0.1) is 5.41 Å². The van der Waals surface area contributed by atoms with Gasteiger partial charge in [0.25, 0.3) is 0 Å². The fourth-order valence-electron chi connectivity index (χ4n) is 1.68. The van der Waals surface area contributed by atoms with Crippen LogP contribution in [0.5, 0.6) is 0 Å². The third-order valence-electron chi connectivity index (χ3n) is 2.97. The van der Waals surface area contributed by atoms with Crippen molar-refractivity contribution in [3.8, 4) is 0 Å². The summed E-state index contributed by atoms with van der Waals surface area (Å²) in [5.41, 5.74) is 5.32. The molecule has 0 aliphatic carbocycles. The molecule has 0 saturated heterocycles. The second-order valence-corrected chi connectivity index (χ2v) is 5.55. The van der Waals surface area contributed by atoms with Crippen LogP contribution < -0.4 is 5.73 Å². The van der Waals surface area contributed by atoms with Crippen molar-refractivity contribution in [2.45, 2.75) is 33.0 Å². The summed E-state index contributed by atoms with van der Waals surface area (Å²) in [6.07, 6.45) is -3.42. The van der Waals surface area contributed by atoms with Gasteiger partial charge in [-0.2, -0.15) is 13.2 Å². The summed E-state index contributed by atoms with van der Waals surface area (Å²) in [6.45, 7) is 5.69. The van der Waals surface area contributed by atoms with Crippen LogP contribution in [0.2, 0.25) is 0 Å². The lowest BCUT2D eigenvalue weighted by molar-refractivity contribution is -0.137. The van der Waals surface area contributed by atoms with E-state index in [4.69, 9.17) is 5.73 Å². The quantitative estimate of drug-likeness (QED) is 0.868. The summed E-state index contributed by atoms with van der Waals surface area (Å²) < 4.78 is 39.4. The van der Waals surface area contributed by atoms with Crippen molar-refractivity contribution in [3.05, 3.63) is 29.7 Å². The van der Waals surface area contributed by atoms with Gasteiger partial charge in [0.05, 0.1) is 11.6 Å². The molecule has 0 amide bonds. The first-order valence-corrected chi connectivity index (χ1v) is 5.78. The largest absolute Gasteiger partial charge is 0.417 e. The Morgan fingerprint density at radius 2 is 1.79 bits per heavy atom. The Morgan fingerprint density at radius 1 is 1.16 bits per heavy atom. The summed E-state index contributed by atoms with van der Waals surface area (Å²) in [4.78, 5) is 0. The molecule has 0 saturated carbocycles. The van der Waals surface area contributed by atoms with Gasteiger partial charge in [0.2, 0.25) is 0 Å². The first-order chi connectivity index (χ1) is 8.60. The van der Waals surface area contributed by atoms with Gasteiger partial charge in [-0.05, 0) is 17.5 Å². The molecule has 0 aromatic carbocycles. The van der Waals surface area contributed by atoms with Gasteiger partial charge in [-0.1, -0.05) is 20.8 Å². The molecule has 2 N–H and O–H groups in total. The molecule has 2 aromatic heterocycles. The van der Waals surface area contributed by atoms with Crippen molar-refractivity contribution in [3.63, 3.8) is 0 Å². The van der Waals surface area contributed by atoms with Gasteiger partial charge in [0.1, 0.15) is 0 Å². The Hall–Kier alpha value is -1.63. The highest BCUT2D eigenvalue weighted by molar-refractivity contribution is 5.40. The van der Waals surface area contributed by atoms with E-state index in [1.165, 1.54) is 10.5 Å². The molecule has 0 aliphatic rings. The first-order valence-electron chi connectivity index (χ1n) is 5.78. The van der Waals surface area contributed by atoms with Crippen molar-refractivity contribution in [1.29, 1.82) is 0 Å². The van der Waals surface area contributed by atoms with Gasteiger partial charge in [0.15, 0.2) is 11.5 Å². The monoisotopic (exact) mass is 272 g/mol. The molecule has 0 spiro atoms. The lowest BCUT2D eigenvalue weighted by Crippen LogP contribution is -2.28. The molecule has 19 heavy (non-hydrogen) atoms. The van der Waals surface area contributed by atoms with E-state index in [2.05, 4.69) is 10.2 Å². The van der Waals surface area contributed by atoms with Gasteiger partial charge < -0.3 is 5.73 Å². The molecule has 4 nitrogen and oxygen atoms in total. The summed E-state index contributed by atoms with van der Waals surface area (Å²) in [5, 5.41) is 7.75. The van der Waals surface area contributed by atoms with Gasteiger partial charge in [-0.3, -0.25) is 4.40 Å². The van der Waals surface area contributed by atoms with E-state index in [1.807, 2.05) is 20.8 Å². The molecule has 0 bridgehead atoms. The Morgan fingerprint density at radius 3 is 2.32 bits per heavy atom. The average Bonchev–Trinajstić information content (AvgIpc) is 2.67. The topological polar surface area (TPSA) is 56.2 Å². The number of alkyl halides is 3. The molecule has 2 aromatic rings. The second kappa shape index (κ2) is 4.19. The van der Waals surface area contributed by atoms with E-state index in [0.29, 0.717) is 11.5 Å². The predicted octanol–water partition coefficient (Wildman–Crippen LogP) is 2.79. The maximum absolute atomic E-state index is 12.7. The minimum atomic E-state index is -4.40. The van der Waals surface area contributed by atoms with E-state index in [-0.39, 0.29) is 5.41 Å². The number of rotatable bonds is 1. The Labute approximate surface area is 108 Å². The van der Waals surface area contributed by atoms with Crippen molar-refractivity contribution in [1.82, 2.24) is 14.6 Å². The summed E-state index contributed by atoms with van der Waals surface area (Å²) in [6, 6.07) is 1.76. The molecule has 1 unspecified atom stereocenters.